The van der Waals surface area contributed by atoms with Crippen LogP contribution in [0.3, 0.4) is 0 Å². The van der Waals surface area contributed by atoms with Crippen molar-refractivity contribution in [2.24, 2.45) is 11.8 Å². The van der Waals surface area contributed by atoms with Crippen LogP contribution in [-0.2, 0) is 11.0 Å². The number of hydrogen-bond donors (Lipinski definition) is 0. The van der Waals surface area contributed by atoms with E-state index < -0.39 is 11.7 Å². The first-order valence-electron chi connectivity index (χ1n) is 12.8. The zero-order valence-corrected chi connectivity index (χ0v) is 21.4. The van der Waals surface area contributed by atoms with Gasteiger partial charge in [-0.25, -0.2) is 0 Å². The van der Waals surface area contributed by atoms with Crippen molar-refractivity contribution in [3.8, 4) is 0 Å². The van der Waals surface area contributed by atoms with Crippen molar-refractivity contribution in [2.45, 2.75) is 31.9 Å². The first-order chi connectivity index (χ1) is 17.6. The molecule has 0 bridgehead atoms. The van der Waals surface area contributed by atoms with Gasteiger partial charge in [-0.1, -0.05) is 12.1 Å². The quantitative estimate of drug-likeness (QED) is 0.491. The Morgan fingerprint density at radius 1 is 0.865 bits per heavy atom. The Bertz CT molecular complexity index is 1110. The number of anilines is 1. The number of halogens is 3. The Morgan fingerprint density at radius 2 is 1.43 bits per heavy atom. The van der Waals surface area contributed by atoms with Gasteiger partial charge < -0.3 is 14.7 Å². The standard InChI is InChI=1S/C29H34F3N3O2/c1-33(2)26-9-7-24(8-10-26)28(37)35-18-14-23(15-19-35)22-12-16-34(17-13-22)27(36)11-6-21-4-3-5-25(20-21)29(30,31)32/h3-11,20,22-23H,12-19H2,1-2H3/b11-6+. The Labute approximate surface area is 216 Å². The SMILES string of the molecule is CN(C)c1ccc(C(=O)N2CCC(C3CCN(C(=O)/C=C/c4cccc(C(F)(F)F)c4)CC3)CC2)cc1. The molecular weight excluding hydrogens is 479 g/mol. The van der Waals surface area contributed by atoms with E-state index in [9.17, 15) is 22.8 Å². The van der Waals surface area contributed by atoms with E-state index in [4.69, 9.17) is 0 Å². The number of hydrogen-bond acceptors (Lipinski definition) is 3. The highest BCUT2D eigenvalue weighted by Gasteiger charge is 2.32. The van der Waals surface area contributed by atoms with Crippen molar-refractivity contribution in [3.63, 3.8) is 0 Å². The molecular formula is C29H34F3N3O2. The van der Waals surface area contributed by atoms with Crippen LogP contribution in [0.4, 0.5) is 18.9 Å². The van der Waals surface area contributed by atoms with Crippen molar-refractivity contribution < 1.29 is 22.8 Å². The zero-order valence-electron chi connectivity index (χ0n) is 21.4. The molecule has 8 heteroatoms. The van der Waals surface area contributed by atoms with Crippen molar-refractivity contribution in [2.75, 3.05) is 45.2 Å². The molecule has 0 unspecified atom stereocenters. The third-order valence-electron chi connectivity index (χ3n) is 7.61. The predicted octanol–water partition coefficient (Wildman–Crippen LogP) is 5.58. The van der Waals surface area contributed by atoms with E-state index in [1.807, 2.05) is 48.2 Å². The van der Waals surface area contributed by atoms with Gasteiger partial charge in [0.1, 0.15) is 0 Å². The average molecular weight is 514 g/mol. The summed E-state index contributed by atoms with van der Waals surface area (Å²) in [5.74, 6) is 0.972. The molecule has 2 aromatic carbocycles. The van der Waals surface area contributed by atoms with Crippen LogP contribution >= 0.6 is 0 Å². The van der Waals surface area contributed by atoms with Gasteiger partial charge in [-0.2, -0.15) is 13.2 Å². The molecule has 2 fully saturated rings. The minimum Gasteiger partial charge on any atom is -0.378 e. The van der Waals surface area contributed by atoms with Crippen LogP contribution in [0, 0.1) is 11.8 Å². The summed E-state index contributed by atoms with van der Waals surface area (Å²) in [4.78, 5) is 31.3. The van der Waals surface area contributed by atoms with Crippen LogP contribution in [0.15, 0.2) is 54.6 Å². The molecule has 0 atom stereocenters. The fourth-order valence-electron chi connectivity index (χ4n) is 5.34. The summed E-state index contributed by atoms with van der Waals surface area (Å²) < 4.78 is 38.7. The molecule has 2 aliphatic heterocycles. The first kappa shape index (κ1) is 26.8. The topological polar surface area (TPSA) is 43.9 Å². The van der Waals surface area contributed by atoms with Gasteiger partial charge in [0.2, 0.25) is 5.91 Å². The number of benzene rings is 2. The lowest BCUT2D eigenvalue weighted by molar-refractivity contribution is -0.137. The third-order valence-corrected chi connectivity index (χ3v) is 7.61. The number of carbonyl (C=O) groups is 2. The zero-order chi connectivity index (χ0) is 26.6. The predicted molar refractivity (Wildman–Crippen MR) is 139 cm³/mol. The summed E-state index contributed by atoms with van der Waals surface area (Å²) in [5, 5.41) is 0. The second kappa shape index (κ2) is 11.4. The van der Waals surface area contributed by atoms with Gasteiger partial charge in [-0.15, -0.1) is 0 Å². The number of carbonyl (C=O) groups excluding carboxylic acids is 2. The maximum atomic E-state index is 12.9. The molecule has 0 spiro atoms. The monoisotopic (exact) mass is 513 g/mol. The van der Waals surface area contributed by atoms with Crippen molar-refractivity contribution in [1.82, 2.24) is 9.80 Å². The van der Waals surface area contributed by atoms with Gasteiger partial charge in [0.05, 0.1) is 5.56 Å². The number of rotatable bonds is 5. The maximum Gasteiger partial charge on any atom is 0.416 e. The summed E-state index contributed by atoms with van der Waals surface area (Å²) in [7, 11) is 3.94. The second-order valence-corrected chi connectivity index (χ2v) is 10.2. The van der Waals surface area contributed by atoms with Gasteiger partial charge in [0.25, 0.3) is 5.91 Å². The molecule has 37 heavy (non-hydrogen) atoms. The maximum absolute atomic E-state index is 12.9. The number of likely N-dealkylation sites (tertiary alicyclic amines) is 2. The smallest absolute Gasteiger partial charge is 0.378 e. The molecule has 2 aliphatic rings. The second-order valence-electron chi connectivity index (χ2n) is 10.2. The van der Waals surface area contributed by atoms with Crippen LogP contribution in [-0.4, -0.2) is 61.9 Å². The molecule has 0 radical (unpaired) electrons. The lowest BCUT2D eigenvalue weighted by Gasteiger charge is -2.40. The first-order valence-corrected chi connectivity index (χ1v) is 12.8. The van der Waals surface area contributed by atoms with Gasteiger partial charge in [-0.05, 0) is 85.6 Å². The fourth-order valence-corrected chi connectivity index (χ4v) is 5.34. The van der Waals surface area contributed by atoms with E-state index in [2.05, 4.69) is 0 Å². The average Bonchev–Trinajstić information content (AvgIpc) is 2.91. The summed E-state index contributed by atoms with van der Waals surface area (Å²) in [6.07, 6.45) is 2.17. The Balaban J connectivity index is 1.23. The summed E-state index contributed by atoms with van der Waals surface area (Å²) in [6, 6.07) is 12.7. The molecule has 0 N–H and O–H groups in total. The van der Waals surface area contributed by atoms with E-state index >= 15 is 0 Å². The van der Waals surface area contributed by atoms with Crippen molar-refractivity contribution >= 4 is 23.6 Å². The third kappa shape index (κ3) is 6.73. The van der Waals surface area contributed by atoms with Gasteiger partial charge in [-0.3, -0.25) is 9.59 Å². The van der Waals surface area contributed by atoms with Crippen LogP contribution in [0.25, 0.3) is 6.08 Å². The molecule has 5 nitrogen and oxygen atoms in total. The van der Waals surface area contributed by atoms with Crippen LogP contribution in [0.2, 0.25) is 0 Å². The van der Waals surface area contributed by atoms with E-state index in [-0.39, 0.29) is 11.8 Å². The molecule has 4 rings (SSSR count). The number of amides is 2. The highest BCUT2D eigenvalue weighted by atomic mass is 19.4. The number of alkyl halides is 3. The molecule has 2 saturated heterocycles. The molecule has 0 aliphatic carbocycles. The summed E-state index contributed by atoms with van der Waals surface area (Å²) in [5.41, 5.74) is 1.41. The van der Waals surface area contributed by atoms with Crippen molar-refractivity contribution in [3.05, 3.63) is 71.3 Å². The highest BCUT2D eigenvalue weighted by Crippen LogP contribution is 2.33. The van der Waals surface area contributed by atoms with Crippen molar-refractivity contribution in [1.29, 1.82) is 0 Å². The fraction of sp³-hybridized carbons (Fsp3) is 0.448. The summed E-state index contributed by atoms with van der Waals surface area (Å²) in [6.45, 7) is 2.79. The highest BCUT2D eigenvalue weighted by molar-refractivity contribution is 5.94. The normalized spacial score (nSPS) is 17.9. The molecule has 0 saturated carbocycles. The molecule has 198 valence electrons. The van der Waals surface area contributed by atoms with E-state index in [0.717, 1.165) is 56.6 Å². The lowest BCUT2D eigenvalue weighted by Crippen LogP contribution is -2.43. The van der Waals surface area contributed by atoms with Crippen LogP contribution < -0.4 is 4.90 Å². The van der Waals surface area contributed by atoms with Crippen LogP contribution in [0.1, 0.15) is 47.2 Å². The molecule has 2 aromatic rings. The minimum atomic E-state index is -4.41. The lowest BCUT2D eigenvalue weighted by atomic mass is 9.78. The molecule has 2 heterocycles. The van der Waals surface area contributed by atoms with E-state index in [1.165, 1.54) is 18.2 Å². The van der Waals surface area contributed by atoms with Gasteiger partial charge in [0.15, 0.2) is 0 Å². The number of piperidine rings is 2. The van der Waals surface area contributed by atoms with Crippen LogP contribution in [0.5, 0.6) is 0 Å². The largest absolute Gasteiger partial charge is 0.416 e. The molecule has 2 amide bonds. The number of nitrogens with zero attached hydrogens (tertiary/aromatic N) is 3. The Kier molecular flexibility index (Phi) is 8.25. The molecule has 0 aromatic heterocycles. The van der Waals surface area contributed by atoms with E-state index in [1.54, 1.807) is 11.0 Å². The van der Waals surface area contributed by atoms with E-state index in [0.29, 0.717) is 36.1 Å². The minimum absolute atomic E-state index is 0.0803. The Hall–Kier alpha value is -3.29. The Morgan fingerprint density at radius 3 is 1.97 bits per heavy atom. The van der Waals surface area contributed by atoms with Gasteiger partial charge >= 0.3 is 6.18 Å². The summed E-state index contributed by atoms with van der Waals surface area (Å²) >= 11 is 0. The van der Waals surface area contributed by atoms with Gasteiger partial charge in [0, 0.05) is 57.6 Å².